The van der Waals surface area contributed by atoms with Gasteiger partial charge < -0.3 is 4.42 Å². The lowest BCUT2D eigenvalue weighted by molar-refractivity contribution is -0.663. The summed E-state index contributed by atoms with van der Waals surface area (Å²) in [4.78, 5) is 4.23. The zero-order valence-electron chi connectivity index (χ0n) is 19.5. The molecule has 35 heavy (non-hydrogen) atoms. The Labute approximate surface area is 203 Å². The first-order valence-corrected chi connectivity index (χ1v) is 11.5. The minimum Gasteiger partial charge on any atom is -0.455 e. The minimum absolute atomic E-state index is 0.592. The number of hydrogen-bond donors (Lipinski definition) is 0. The maximum Gasteiger partial charge on any atom is 0.286 e. The van der Waals surface area contributed by atoms with Crippen molar-refractivity contribution in [1.82, 2.24) is 4.98 Å². The molecule has 2 heterocycles. The lowest BCUT2D eigenvalue weighted by Crippen LogP contribution is -2.31. The van der Waals surface area contributed by atoms with Gasteiger partial charge in [-0.05, 0) is 47.4 Å². The van der Waals surface area contributed by atoms with Crippen molar-refractivity contribution in [3.05, 3.63) is 109 Å². The van der Waals surface area contributed by atoms with E-state index in [0.29, 0.717) is 5.56 Å². The third-order valence-electron chi connectivity index (χ3n) is 6.59. The fourth-order valence-corrected chi connectivity index (χ4v) is 4.88. The number of fused-ring (bicyclic) bond motifs is 3. The standard InChI is InChI=1S/C31H22N3O/c1-20-11-13-25-26-14-12-24(18-32)29(23-10-6-9-22(17-23)21-7-4-3-5-8-21)31(26)35-30(25)28(20)27-15-16-33-19-34(27)2/h3-17,19H,1-2H3/q+1. The van der Waals surface area contributed by atoms with Crippen LogP contribution in [0.25, 0.3) is 55.4 Å². The second-order valence-corrected chi connectivity index (χ2v) is 8.74. The third kappa shape index (κ3) is 3.37. The summed E-state index contributed by atoms with van der Waals surface area (Å²) in [5.74, 6) is 0. The van der Waals surface area contributed by atoms with Gasteiger partial charge in [-0.1, -0.05) is 65.6 Å². The molecule has 0 amide bonds. The third-order valence-corrected chi connectivity index (χ3v) is 6.59. The number of aryl methyl sites for hydroxylation is 2. The number of rotatable bonds is 3. The van der Waals surface area contributed by atoms with E-state index < -0.39 is 0 Å². The summed E-state index contributed by atoms with van der Waals surface area (Å²) < 4.78 is 8.66. The highest BCUT2D eigenvalue weighted by Gasteiger charge is 2.22. The van der Waals surface area contributed by atoms with Crippen molar-refractivity contribution in [2.24, 2.45) is 7.05 Å². The van der Waals surface area contributed by atoms with Gasteiger partial charge in [0.25, 0.3) is 6.33 Å². The average Bonchev–Trinajstić information content (AvgIpc) is 3.28. The number of furan rings is 1. The van der Waals surface area contributed by atoms with E-state index in [-0.39, 0.29) is 0 Å². The van der Waals surface area contributed by atoms with Crippen LogP contribution in [0.3, 0.4) is 0 Å². The van der Waals surface area contributed by atoms with E-state index in [1.54, 1.807) is 12.5 Å². The fourth-order valence-electron chi connectivity index (χ4n) is 4.88. The summed E-state index contributed by atoms with van der Waals surface area (Å²) in [6.07, 6.45) is 3.59. The number of benzene rings is 4. The molecule has 0 aliphatic heterocycles. The van der Waals surface area contributed by atoms with Gasteiger partial charge in [0.1, 0.15) is 23.1 Å². The molecule has 0 unspecified atom stereocenters. The Morgan fingerprint density at radius 1 is 0.771 bits per heavy atom. The molecule has 0 bridgehead atoms. The van der Waals surface area contributed by atoms with Gasteiger partial charge in [-0.2, -0.15) is 5.26 Å². The summed E-state index contributed by atoms with van der Waals surface area (Å²) in [7, 11) is 1.98. The maximum absolute atomic E-state index is 10.0. The molecule has 0 fully saturated rings. The van der Waals surface area contributed by atoms with Crippen LogP contribution in [0, 0.1) is 18.3 Å². The van der Waals surface area contributed by atoms with Crippen molar-refractivity contribution < 1.29 is 8.98 Å². The Kier molecular flexibility index (Phi) is 4.90. The van der Waals surface area contributed by atoms with E-state index in [1.165, 1.54) is 0 Å². The highest BCUT2D eigenvalue weighted by molar-refractivity contribution is 6.14. The predicted octanol–water partition coefficient (Wildman–Crippen LogP) is 6.99. The van der Waals surface area contributed by atoms with Crippen molar-refractivity contribution in [3.8, 4) is 39.6 Å². The van der Waals surface area contributed by atoms with Crippen LogP contribution in [-0.2, 0) is 7.05 Å². The lowest BCUT2D eigenvalue weighted by atomic mass is 9.94. The molecule has 6 aromatic rings. The Morgan fingerprint density at radius 3 is 2.26 bits per heavy atom. The molecule has 2 aromatic heterocycles. The molecule has 4 aromatic carbocycles. The molecule has 166 valence electrons. The van der Waals surface area contributed by atoms with Gasteiger partial charge >= 0.3 is 0 Å². The van der Waals surface area contributed by atoms with Gasteiger partial charge in [0, 0.05) is 22.4 Å². The van der Waals surface area contributed by atoms with Gasteiger partial charge in [-0.15, -0.1) is 0 Å². The SMILES string of the molecule is Cc1ccc2c(oc3c(-c4cccc(-c5ccccc5)c4)c(C#N)ccc32)c1-c1ccnc[n+]1C. The van der Waals surface area contributed by atoms with Crippen molar-refractivity contribution in [2.75, 3.05) is 0 Å². The molecule has 4 heteroatoms. The van der Waals surface area contributed by atoms with E-state index in [9.17, 15) is 5.26 Å². The normalized spacial score (nSPS) is 11.1. The number of hydrogen-bond acceptors (Lipinski definition) is 3. The van der Waals surface area contributed by atoms with Crippen LogP contribution in [0.4, 0.5) is 0 Å². The first-order valence-electron chi connectivity index (χ1n) is 11.5. The lowest BCUT2D eigenvalue weighted by Gasteiger charge is -2.08. The van der Waals surface area contributed by atoms with E-state index in [0.717, 1.165) is 61.0 Å². The van der Waals surface area contributed by atoms with Gasteiger partial charge in [0.15, 0.2) is 0 Å². The van der Waals surface area contributed by atoms with Crippen LogP contribution >= 0.6 is 0 Å². The molecular formula is C31H22N3O+. The highest BCUT2D eigenvalue weighted by atomic mass is 16.3. The number of nitrogens with zero attached hydrogens (tertiary/aromatic N) is 3. The van der Waals surface area contributed by atoms with E-state index in [2.05, 4.69) is 54.4 Å². The van der Waals surface area contributed by atoms with Crippen molar-refractivity contribution in [2.45, 2.75) is 6.92 Å². The summed E-state index contributed by atoms with van der Waals surface area (Å²) in [5, 5.41) is 12.0. The number of aromatic nitrogens is 2. The monoisotopic (exact) mass is 452 g/mol. The smallest absolute Gasteiger partial charge is 0.286 e. The van der Waals surface area contributed by atoms with Gasteiger partial charge in [-0.25, -0.2) is 4.57 Å². The Bertz CT molecular complexity index is 1780. The van der Waals surface area contributed by atoms with Crippen molar-refractivity contribution in [1.29, 1.82) is 5.26 Å². The van der Waals surface area contributed by atoms with Gasteiger partial charge in [-0.3, -0.25) is 0 Å². The van der Waals surface area contributed by atoms with Crippen LogP contribution in [0.15, 0.2) is 102 Å². The molecule has 0 saturated carbocycles. The Hall–Kier alpha value is -4.75. The molecule has 4 nitrogen and oxygen atoms in total. The molecular weight excluding hydrogens is 430 g/mol. The molecule has 0 aliphatic carbocycles. The van der Waals surface area contributed by atoms with Crippen LogP contribution in [0.5, 0.6) is 0 Å². The predicted molar refractivity (Wildman–Crippen MR) is 138 cm³/mol. The van der Waals surface area contributed by atoms with Gasteiger partial charge in [0.2, 0.25) is 0 Å². The Balaban J connectivity index is 1.67. The topological polar surface area (TPSA) is 53.7 Å². The van der Waals surface area contributed by atoms with Gasteiger partial charge in [0.05, 0.1) is 24.2 Å². The van der Waals surface area contributed by atoms with E-state index in [4.69, 9.17) is 4.42 Å². The van der Waals surface area contributed by atoms with Crippen molar-refractivity contribution in [3.63, 3.8) is 0 Å². The average molecular weight is 453 g/mol. The van der Waals surface area contributed by atoms with Crippen molar-refractivity contribution >= 4 is 21.9 Å². The molecule has 0 saturated heterocycles. The number of nitriles is 1. The minimum atomic E-state index is 0.592. The molecule has 0 aliphatic rings. The first-order chi connectivity index (χ1) is 17.2. The van der Waals surface area contributed by atoms with Crippen LogP contribution in [0.1, 0.15) is 11.1 Å². The molecule has 0 N–H and O–H groups in total. The van der Waals surface area contributed by atoms with Crippen LogP contribution in [0.2, 0.25) is 0 Å². The highest BCUT2D eigenvalue weighted by Crippen LogP contribution is 2.42. The van der Waals surface area contributed by atoms with E-state index in [1.807, 2.05) is 60.1 Å². The first kappa shape index (κ1) is 20.8. The summed E-state index contributed by atoms with van der Waals surface area (Å²) in [5.41, 5.74) is 9.32. The van der Waals surface area contributed by atoms with E-state index >= 15 is 0 Å². The van der Waals surface area contributed by atoms with Crippen LogP contribution in [-0.4, -0.2) is 4.98 Å². The maximum atomic E-state index is 10.0. The summed E-state index contributed by atoms with van der Waals surface area (Å²) in [6, 6.07) is 31.1. The quantitative estimate of drug-likeness (QED) is 0.272. The fraction of sp³-hybridized carbons (Fsp3) is 0.0645. The summed E-state index contributed by atoms with van der Waals surface area (Å²) >= 11 is 0. The molecule has 0 atom stereocenters. The molecule has 6 rings (SSSR count). The zero-order valence-corrected chi connectivity index (χ0v) is 19.5. The Morgan fingerprint density at radius 2 is 1.49 bits per heavy atom. The zero-order chi connectivity index (χ0) is 23.9. The summed E-state index contributed by atoms with van der Waals surface area (Å²) in [6.45, 7) is 2.09. The van der Waals surface area contributed by atoms with Crippen LogP contribution < -0.4 is 4.57 Å². The second kappa shape index (κ2) is 8.23. The molecule has 0 spiro atoms. The largest absolute Gasteiger partial charge is 0.455 e. The second-order valence-electron chi connectivity index (χ2n) is 8.74. The molecule has 0 radical (unpaired) electrons.